The third kappa shape index (κ3) is 3.47. The molecule has 0 bridgehead atoms. The molecule has 0 saturated heterocycles. The minimum atomic E-state index is -0.457. The van der Waals surface area contributed by atoms with Crippen LogP contribution >= 0.6 is 27.7 Å². The Hall–Kier alpha value is -1.64. The van der Waals surface area contributed by atoms with Crippen LogP contribution < -0.4 is 11.3 Å². The number of thioether (sulfide) groups is 1. The maximum Gasteiger partial charge on any atom is 0.293 e. The maximum absolute atomic E-state index is 10.9. The molecule has 6 nitrogen and oxygen atoms in total. The highest BCUT2D eigenvalue weighted by Crippen LogP contribution is 2.31. The van der Waals surface area contributed by atoms with Crippen molar-refractivity contribution in [3.8, 4) is 0 Å². The lowest BCUT2D eigenvalue weighted by Gasteiger charge is -2.08. The Bertz CT molecular complexity index is 621. The highest BCUT2D eigenvalue weighted by atomic mass is 79.9. The Kier molecular flexibility index (Phi) is 4.94. The van der Waals surface area contributed by atoms with Crippen molar-refractivity contribution >= 4 is 39.1 Å². The van der Waals surface area contributed by atoms with E-state index in [0.29, 0.717) is 11.4 Å². The van der Waals surface area contributed by atoms with E-state index < -0.39 is 4.92 Å². The van der Waals surface area contributed by atoms with Crippen LogP contribution in [0.25, 0.3) is 0 Å². The second kappa shape index (κ2) is 6.69. The van der Waals surface area contributed by atoms with E-state index in [9.17, 15) is 10.1 Å². The lowest BCUT2D eigenvalue weighted by Crippen LogP contribution is -2.11. The van der Waals surface area contributed by atoms with Crippen LogP contribution in [0.15, 0.2) is 46.0 Å². The normalized spacial score (nSPS) is 10.3. The van der Waals surface area contributed by atoms with Gasteiger partial charge in [0.15, 0.2) is 0 Å². The van der Waals surface area contributed by atoms with Crippen molar-refractivity contribution in [3.63, 3.8) is 0 Å². The number of nitrogens with one attached hydrogen (secondary N) is 1. The molecule has 2 aromatic rings. The van der Waals surface area contributed by atoms with Crippen molar-refractivity contribution in [2.24, 2.45) is 5.84 Å². The number of nitrogens with zero attached hydrogens (tertiary/aromatic N) is 2. The van der Waals surface area contributed by atoms with Gasteiger partial charge in [-0.2, -0.15) is 0 Å². The minimum absolute atomic E-state index is 0.0330. The van der Waals surface area contributed by atoms with E-state index in [0.717, 1.165) is 15.1 Å². The quantitative estimate of drug-likeness (QED) is 0.370. The fraction of sp³-hybridized carbons (Fsp3) is 0.0833. The van der Waals surface area contributed by atoms with Crippen LogP contribution in [0.4, 0.5) is 11.4 Å². The van der Waals surface area contributed by atoms with Crippen LogP contribution in [-0.2, 0) is 5.75 Å². The summed E-state index contributed by atoms with van der Waals surface area (Å²) in [5, 5.41) is 11.8. The van der Waals surface area contributed by atoms with E-state index in [1.54, 1.807) is 18.3 Å². The van der Waals surface area contributed by atoms with Gasteiger partial charge in [-0.15, -0.1) is 11.8 Å². The average molecular weight is 355 g/mol. The van der Waals surface area contributed by atoms with Gasteiger partial charge < -0.3 is 5.43 Å². The monoisotopic (exact) mass is 354 g/mol. The van der Waals surface area contributed by atoms with Gasteiger partial charge in [-0.3, -0.25) is 16.0 Å². The Morgan fingerprint density at radius 1 is 1.40 bits per heavy atom. The van der Waals surface area contributed by atoms with Gasteiger partial charge in [-0.05, 0) is 33.6 Å². The zero-order chi connectivity index (χ0) is 14.5. The third-order valence-electron chi connectivity index (χ3n) is 2.55. The van der Waals surface area contributed by atoms with Crippen LogP contribution in [0.3, 0.4) is 0 Å². The number of rotatable bonds is 5. The SMILES string of the molecule is NNc1c(CSc2ccc(Br)cn2)cccc1[N+](=O)[O-]. The van der Waals surface area contributed by atoms with Gasteiger partial charge in [0.1, 0.15) is 5.69 Å². The molecule has 104 valence electrons. The number of hydrogen-bond donors (Lipinski definition) is 2. The standard InChI is InChI=1S/C12H11BrN4O2S/c13-9-4-5-11(15-6-9)20-7-8-2-1-3-10(17(18)19)12(8)16-14/h1-6,16H,7,14H2. The van der Waals surface area contributed by atoms with Crippen LogP contribution in [0, 0.1) is 10.1 Å². The number of nitrogen functional groups attached to an aromatic ring is 1. The Labute approximate surface area is 128 Å². The van der Waals surface area contributed by atoms with Gasteiger partial charge in [-0.1, -0.05) is 12.1 Å². The van der Waals surface area contributed by atoms with Gasteiger partial charge in [0.25, 0.3) is 5.69 Å². The summed E-state index contributed by atoms with van der Waals surface area (Å²) in [7, 11) is 0. The summed E-state index contributed by atoms with van der Waals surface area (Å²) in [6.45, 7) is 0. The Morgan fingerprint density at radius 2 is 2.20 bits per heavy atom. The van der Waals surface area contributed by atoms with Gasteiger partial charge in [0.05, 0.1) is 9.95 Å². The number of benzene rings is 1. The van der Waals surface area contributed by atoms with Crippen LogP contribution in [0.1, 0.15) is 5.56 Å². The van der Waals surface area contributed by atoms with Crippen molar-refractivity contribution in [3.05, 3.63) is 56.7 Å². The lowest BCUT2D eigenvalue weighted by atomic mass is 10.2. The van der Waals surface area contributed by atoms with Gasteiger partial charge >= 0.3 is 0 Å². The predicted octanol–water partition coefficient (Wildman–Crippen LogP) is 3.33. The molecule has 0 saturated carbocycles. The molecule has 0 radical (unpaired) electrons. The summed E-state index contributed by atoms with van der Waals surface area (Å²) < 4.78 is 0.904. The summed E-state index contributed by atoms with van der Waals surface area (Å²) in [5.74, 6) is 5.93. The zero-order valence-electron chi connectivity index (χ0n) is 10.2. The number of nitro benzene ring substituents is 1. The number of nitrogens with two attached hydrogens (primary N) is 1. The van der Waals surface area contributed by atoms with Crippen LogP contribution in [0.5, 0.6) is 0 Å². The smallest absolute Gasteiger partial charge is 0.293 e. The first-order chi connectivity index (χ1) is 9.61. The largest absolute Gasteiger partial charge is 0.318 e. The van der Waals surface area contributed by atoms with Crippen LogP contribution in [0.2, 0.25) is 0 Å². The molecule has 0 spiro atoms. The molecular weight excluding hydrogens is 344 g/mol. The first-order valence-corrected chi connectivity index (χ1v) is 7.37. The van der Waals surface area contributed by atoms with Crippen molar-refractivity contribution in [2.45, 2.75) is 10.8 Å². The molecule has 2 rings (SSSR count). The molecule has 1 heterocycles. The topological polar surface area (TPSA) is 94.1 Å². The molecule has 1 aromatic carbocycles. The zero-order valence-corrected chi connectivity index (χ0v) is 12.6. The van der Waals surface area contributed by atoms with E-state index in [1.165, 1.54) is 17.8 Å². The summed E-state index contributed by atoms with van der Waals surface area (Å²) >= 11 is 4.80. The second-order valence-electron chi connectivity index (χ2n) is 3.82. The van der Waals surface area contributed by atoms with Crippen molar-refractivity contribution < 1.29 is 4.92 Å². The van der Waals surface area contributed by atoms with Gasteiger partial charge in [0, 0.05) is 22.5 Å². The molecule has 0 atom stereocenters. The van der Waals surface area contributed by atoms with Gasteiger partial charge in [0.2, 0.25) is 0 Å². The molecular formula is C12H11BrN4O2S. The van der Waals surface area contributed by atoms with Crippen molar-refractivity contribution in [1.29, 1.82) is 0 Å². The molecule has 1 aromatic heterocycles. The van der Waals surface area contributed by atoms with Crippen LogP contribution in [-0.4, -0.2) is 9.91 Å². The third-order valence-corrected chi connectivity index (χ3v) is 4.01. The Morgan fingerprint density at radius 3 is 2.80 bits per heavy atom. The fourth-order valence-corrected chi connectivity index (χ4v) is 2.69. The lowest BCUT2D eigenvalue weighted by molar-refractivity contribution is -0.384. The molecule has 0 fully saturated rings. The van der Waals surface area contributed by atoms with E-state index in [4.69, 9.17) is 5.84 Å². The average Bonchev–Trinajstić information content (AvgIpc) is 2.46. The van der Waals surface area contributed by atoms with E-state index in [1.807, 2.05) is 12.1 Å². The van der Waals surface area contributed by atoms with E-state index >= 15 is 0 Å². The molecule has 0 unspecified atom stereocenters. The number of anilines is 1. The minimum Gasteiger partial charge on any atom is -0.318 e. The number of nitro groups is 1. The molecule has 0 amide bonds. The van der Waals surface area contributed by atoms with Crippen molar-refractivity contribution in [2.75, 3.05) is 5.43 Å². The molecule has 0 aliphatic rings. The predicted molar refractivity (Wildman–Crippen MR) is 82.4 cm³/mol. The molecule has 8 heteroatoms. The first-order valence-electron chi connectivity index (χ1n) is 5.59. The number of halogens is 1. The molecule has 3 N–H and O–H groups in total. The summed E-state index contributed by atoms with van der Waals surface area (Å²) in [4.78, 5) is 14.7. The molecule has 0 aliphatic heterocycles. The number of pyridine rings is 1. The van der Waals surface area contributed by atoms with Crippen molar-refractivity contribution in [1.82, 2.24) is 4.98 Å². The number of aromatic nitrogens is 1. The summed E-state index contributed by atoms with van der Waals surface area (Å²) in [6, 6.07) is 8.63. The highest BCUT2D eigenvalue weighted by Gasteiger charge is 2.16. The Balaban J connectivity index is 2.19. The van der Waals surface area contributed by atoms with E-state index in [-0.39, 0.29) is 5.69 Å². The summed E-state index contributed by atoms with van der Waals surface area (Å²) in [5.41, 5.74) is 3.47. The second-order valence-corrected chi connectivity index (χ2v) is 5.73. The fourth-order valence-electron chi connectivity index (χ4n) is 1.62. The summed E-state index contributed by atoms with van der Waals surface area (Å²) in [6.07, 6.45) is 1.71. The van der Waals surface area contributed by atoms with E-state index in [2.05, 4.69) is 26.3 Å². The molecule has 0 aliphatic carbocycles. The number of hydrazine groups is 1. The molecule has 20 heavy (non-hydrogen) atoms. The first kappa shape index (κ1) is 14.8. The number of hydrogen-bond acceptors (Lipinski definition) is 6. The number of para-hydroxylation sites is 1. The maximum atomic E-state index is 10.9. The van der Waals surface area contributed by atoms with Gasteiger partial charge in [-0.25, -0.2) is 4.98 Å². The highest BCUT2D eigenvalue weighted by molar-refractivity contribution is 9.10.